The molecule has 0 aliphatic heterocycles. The topological polar surface area (TPSA) is 72.2 Å². The smallest absolute Gasteiger partial charge is 0.324 e. The zero-order chi connectivity index (χ0) is 15.1. The van der Waals surface area contributed by atoms with Gasteiger partial charge in [0.05, 0.1) is 4.92 Å². The Kier molecular flexibility index (Phi) is 5.68. The van der Waals surface area contributed by atoms with Crippen molar-refractivity contribution in [2.24, 2.45) is 0 Å². The molecule has 0 aromatic carbocycles. The van der Waals surface area contributed by atoms with Gasteiger partial charge in [-0.1, -0.05) is 23.0 Å². The summed E-state index contributed by atoms with van der Waals surface area (Å²) in [5.74, 6) is -0.164. The van der Waals surface area contributed by atoms with Crippen LogP contribution in [0.1, 0.15) is 37.0 Å². The van der Waals surface area contributed by atoms with Gasteiger partial charge in [-0.15, -0.1) is 0 Å². The van der Waals surface area contributed by atoms with Crippen molar-refractivity contribution in [3.8, 4) is 0 Å². The van der Waals surface area contributed by atoms with Crippen LogP contribution in [0.2, 0.25) is 0 Å². The zero-order valence-corrected chi connectivity index (χ0v) is 12.5. The number of nitro groups is 1. The van der Waals surface area contributed by atoms with E-state index in [1.54, 1.807) is 12.1 Å². The Balaban J connectivity index is 1.74. The summed E-state index contributed by atoms with van der Waals surface area (Å²) in [6.45, 7) is 0.638. The molecule has 6 heteroatoms. The van der Waals surface area contributed by atoms with Crippen LogP contribution in [0.5, 0.6) is 0 Å². The lowest BCUT2D eigenvalue weighted by Gasteiger charge is -2.12. The van der Waals surface area contributed by atoms with E-state index in [2.05, 4.69) is 11.4 Å². The Morgan fingerprint density at radius 3 is 2.95 bits per heavy atom. The molecule has 0 saturated carbocycles. The third kappa shape index (κ3) is 5.15. The highest BCUT2D eigenvalue weighted by Gasteiger charge is 2.08. The Bertz CT molecular complexity index is 575. The lowest BCUT2D eigenvalue weighted by atomic mass is 9.97. The van der Waals surface area contributed by atoms with E-state index in [1.807, 2.05) is 0 Å². The summed E-state index contributed by atoms with van der Waals surface area (Å²) in [5, 5.41) is 13.5. The van der Waals surface area contributed by atoms with Crippen molar-refractivity contribution in [3.05, 3.63) is 44.8 Å². The van der Waals surface area contributed by atoms with E-state index in [0.717, 1.165) is 30.6 Å². The van der Waals surface area contributed by atoms with Crippen LogP contribution in [0.25, 0.3) is 6.08 Å². The van der Waals surface area contributed by atoms with Crippen LogP contribution in [0, 0.1) is 10.1 Å². The van der Waals surface area contributed by atoms with Gasteiger partial charge < -0.3 is 5.32 Å². The molecule has 1 heterocycles. The zero-order valence-electron chi connectivity index (χ0n) is 11.7. The molecule has 1 aliphatic carbocycles. The van der Waals surface area contributed by atoms with Crippen molar-refractivity contribution in [2.45, 2.75) is 32.1 Å². The minimum absolute atomic E-state index is 0.0827. The molecule has 0 atom stereocenters. The lowest BCUT2D eigenvalue weighted by molar-refractivity contribution is -0.380. The summed E-state index contributed by atoms with van der Waals surface area (Å²) < 4.78 is 0. The highest BCUT2D eigenvalue weighted by Crippen LogP contribution is 2.24. The first-order valence-corrected chi connectivity index (χ1v) is 7.85. The van der Waals surface area contributed by atoms with Gasteiger partial charge in [-0.2, -0.15) is 0 Å². The van der Waals surface area contributed by atoms with E-state index in [1.165, 1.54) is 30.6 Å². The average molecular weight is 306 g/mol. The van der Waals surface area contributed by atoms with Crippen LogP contribution in [-0.4, -0.2) is 17.4 Å². The fraction of sp³-hybridized carbons (Fsp3) is 0.400. The Hall–Kier alpha value is -1.95. The number of nitrogens with one attached hydrogen (secondary N) is 1. The summed E-state index contributed by atoms with van der Waals surface area (Å²) in [7, 11) is 0. The molecule has 112 valence electrons. The van der Waals surface area contributed by atoms with Gasteiger partial charge in [0.2, 0.25) is 5.91 Å². The van der Waals surface area contributed by atoms with Crippen molar-refractivity contribution in [2.75, 3.05) is 6.54 Å². The fourth-order valence-corrected chi connectivity index (χ4v) is 2.95. The number of hydrogen-bond donors (Lipinski definition) is 1. The second-order valence-corrected chi connectivity index (χ2v) is 6.01. The summed E-state index contributed by atoms with van der Waals surface area (Å²) in [5.41, 5.74) is 1.43. The first-order valence-electron chi connectivity index (χ1n) is 7.03. The molecule has 0 radical (unpaired) electrons. The predicted molar refractivity (Wildman–Crippen MR) is 84.2 cm³/mol. The van der Waals surface area contributed by atoms with Crippen molar-refractivity contribution in [1.29, 1.82) is 0 Å². The van der Waals surface area contributed by atoms with E-state index in [9.17, 15) is 14.9 Å². The molecule has 2 rings (SSSR count). The van der Waals surface area contributed by atoms with Crippen LogP contribution in [0.4, 0.5) is 5.00 Å². The monoisotopic (exact) mass is 306 g/mol. The van der Waals surface area contributed by atoms with Crippen LogP contribution in [-0.2, 0) is 4.79 Å². The summed E-state index contributed by atoms with van der Waals surface area (Å²) in [6.07, 6.45) is 11.0. The predicted octanol–water partition coefficient (Wildman–Crippen LogP) is 3.68. The molecule has 1 aliphatic rings. The molecule has 0 unspecified atom stereocenters. The summed E-state index contributed by atoms with van der Waals surface area (Å²) in [6, 6.07) is 3.08. The highest BCUT2D eigenvalue weighted by molar-refractivity contribution is 7.16. The second-order valence-electron chi connectivity index (χ2n) is 4.92. The van der Waals surface area contributed by atoms with Gasteiger partial charge in [-0.3, -0.25) is 14.9 Å². The van der Waals surface area contributed by atoms with Crippen LogP contribution in [0.3, 0.4) is 0 Å². The number of thiophene rings is 1. The average Bonchev–Trinajstić information content (AvgIpc) is 2.95. The minimum atomic E-state index is -0.431. The van der Waals surface area contributed by atoms with Crippen molar-refractivity contribution >= 4 is 28.3 Å². The lowest BCUT2D eigenvalue weighted by Crippen LogP contribution is -2.22. The first-order chi connectivity index (χ1) is 10.1. The van der Waals surface area contributed by atoms with Gasteiger partial charge >= 0.3 is 5.00 Å². The number of rotatable bonds is 6. The van der Waals surface area contributed by atoms with E-state index in [0.29, 0.717) is 11.4 Å². The van der Waals surface area contributed by atoms with Gasteiger partial charge in [-0.25, -0.2) is 0 Å². The van der Waals surface area contributed by atoms with Gasteiger partial charge in [0.1, 0.15) is 0 Å². The second kappa shape index (κ2) is 7.73. The molecular formula is C15H18N2O3S. The number of allylic oxidation sites excluding steroid dienone is 1. The Morgan fingerprint density at radius 1 is 1.43 bits per heavy atom. The van der Waals surface area contributed by atoms with Crippen LogP contribution < -0.4 is 5.32 Å². The molecule has 1 amide bonds. The third-order valence-electron chi connectivity index (χ3n) is 3.32. The maximum absolute atomic E-state index is 11.7. The Morgan fingerprint density at radius 2 is 2.29 bits per heavy atom. The van der Waals surface area contributed by atoms with E-state index in [-0.39, 0.29) is 10.9 Å². The molecule has 0 fully saturated rings. The fourth-order valence-electron chi connectivity index (χ4n) is 2.22. The number of carbonyl (C=O) groups excluding carboxylic acids is 1. The van der Waals surface area contributed by atoms with Gasteiger partial charge in [0.15, 0.2) is 0 Å². The normalized spacial score (nSPS) is 15.0. The SMILES string of the molecule is O=C(/C=C/c1ccc([N+](=O)[O-])s1)NCCC1=CCCCC1. The number of amides is 1. The number of carbonyl (C=O) groups is 1. The van der Waals surface area contributed by atoms with Gasteiger partial charge in [0, 0.05) is 23.6 Å². The molecule has 1 aromatic heterocycles. The molecule has 5 nitrogen and oxygen atoms in total. The molecule has 21 heavy (non-hydrogen) atoms. The van der Waals surface area contributed by atoms with Crippen molar-refractivity contribution in [3.63, 3.8) is 0 Å². The highest BCUT2D eigenvalue weighted by atomic mass is 32.1. The first kappa shape index (κ1) is 15.4. The van der Waals surface area contributed by atoms with E-state index < -0.39 is 4.92 Å². The molecule has 1 N–H and O–H groups in total. The largest absolute Gasteiger partial charge is 0.352 e. The molecule has 0 spiro atoms. The summed E-state index contributed by atoms with van der Waals surface area (Å²) in [4.78, 5) is 22.5. The van der Waals surface area contributed by atoms with Crippen LogP contribution >= 0.6 is 11.3 Å². The number of nitrogens with zero attached hydrogens (tertiary/aromatic N) is 1. The minimum Gasteiger partial charge on any atom is -0.352 e. The molecule has 0 bridgehead atoms. The molecule has 1 aromatic rings. The van der Waals surface area contributed by atoms with Crippen molar-refractivity contribution < 1.29 is 9.72 Å². The third-order valence-corrected chi connectivity index (χ3v) is 4.32. The molecule has 0 saturated heterocycles. The van der Waals surface area contributed by atoms with Gasteiger partial charge in [0.25, 0.3) is 0 Å². The van der Waals surface area contributed by atoms with E-state index >= 15 is 0 Å². The molecular weight excluding hydrogens is 288 g/mol. The van der Waals surface area contributed by atoms with E-state index in [4.69, 9.17) is 0 Å². The Labute approximate surface area is 127 Å². The maximum Gasteiger partial charge on any atom is 0.324 e. The quantitative estimate of drug-likeness (QED) is 0.377. The summed E-state index contributed by atoms with van der Waals surface area (Å²) >= 11 is 1.05. The van der Waals surface area contributed by atoms with Crippen molar-refractivity contribution in [1.82, 2.24) is 5.32 Å². The maximum atomic E-state index is 11.7. The standard InChI is InChI=1S/C15H18N2O3S/c18-14(16-11-10-12-4-2-1-3-5-12)8-6-13-7-9-15(21-13)17(19)20/h4,6-9H,1-3,5,10-11H2,(H,16,18)/b8-6+. The van der Waals surface area contributed by atoms with Gasteiger partial charge in [-0.05, 0) is 44.2 Å². The number of hydrogen-bond acceptors (Lipinski definition) is 4. The van der Waals surface area contributed by atoms with Crippen LogP contribution in [0.15, 0.2) is 29.9 Å².